The van der Waals surface area contributed by atoms with Crippen LogP contribution < -0.4 is 19.9 Å². The highest BCUT2D eigenvalue weighted by Gasteiger charge is 2.34. The zero-order valence-corrected chi connectivity index (χ0v) is 23.3. The number of ether oxygens (including phenoxy) is 2. The number of carbonyl (C=O) groups is 2. The predicted octanol–water partition coefficient (Wildman–Crippen LogP) is 2.67. The van der Waals surface area contributed by atoms with Gasteiger partial charge in [0.2, 0.25) is 26.8 Å². The summed E-state index contributed by atoms with van der Waals surface area (Å²) in [7, 11) is -0.773. The Morgan fingerprint density at radius 1 is 1.18 bits per heavy atom. The number of urea groups is 1. The SMILES string of the molecule is COc1ncc(NC(=O)c2cccc(C3=NC(C)(C)CO3)c2)cc1N1Cc2cnc(S(C)(=O)=O)nc2N(C)C1=O. The minimum absolute atomic E-state index is 0.0263. The van der Waals surface area contributed by atoms with E-state index in [1.807, 2.05) is 19.9 Å². The van der Waals surface area contributed by atoms with Crippen molar-refractivity contribution in [2.75, 3.05) is 42.1 Å². The van der Waals surface area contributed by atoms with Crippen molar-refractivity contribution in [1.82, 2.24) is 15.0 Å². The molecular formula is C26H27N7O6S. The number of hydrogen-bond acceptors (Lipinski definition) is 10. The van der Waals surface area contributed by atoms with E-state index in [1.54, 1.807) is 24.3 Å². The van der Waals surface area contributed by atoms with E-state index in [2.05, 4.69) is 25.3 Å². The van der Waals surface area contributed by atoms with Crippen LogP contribution in [0.5, 0.6) is 5.88 Å². The van der Waals surface area contributed by atoms with Gasteiger partial charge in [0.05, 0.1) is 31.1 Å². The molecule has 0 unspecified atom stereocenters. The highest BCUT2D eigenvalue weighted by atomic mass is 32.2. The normalized spacial score (nSPS) is 16.2. The number of nitrogens with zero attached hydrogens (tertiary/aromatic N) is 6. The van der Waals surface area contributed by atoms with Crippen LogP contribution >= 0.6 is 0 Å². The molecule has 0 bridgehead atoms. The van der Waals surface area contributed by atoms with Crippen molar-refractivity contribution in [1.29, 1.82) is 0 Å². The molecule has 40 heavy (non-hydrogen) atoms. The van der Waals surface area contributed by atoms with Crippen molar-refractivity contribution >= 4 is 44.9 Å². The summed E-state index contributed by atoms with van der Waals surface area (Å²) in [5.74, 6) is 0.422. The van der Waals surface area contributed by atoms with Crippen LogP contribution in [0.3, 0.4) is 0 Å². The number of amides is 3. The summed E-state index contributed by atoms with van der Waals surface area (Å²) < 4.78 is 34.9. The number of pyridine rings is 1. The standard InChI is InChI=1S/C26H27N7O6S/c1-26(2)14-39-22(31-26)16-8-6-7-15(9-16)21(34)29-18-10-19(23(38-4)27-12-18)33-13-17-11-28-24(40(5,36)37)30-20(17)32(3)25(33)35/h6-12H,13-14H2,1-5H3,(H,29,34). The van der Waals surface area contributed by atoms with Gasteiger partial charge in [-0.15, -0.1) is 0 Å². The highest BCUT2D eigenvalue weighted by Crippen LogP contribution is 2.35. The van der Waals surface area contributed by atoms with Crippen molar-refractivity contribution in [3.05, 3.63) is 59.4 Å². The lowest BCUT2D eigenvalue weighted by Crippen LogP contribution is -2.46. The van der Waals surface area contributed by atoms with Gasteiger partial charge >= 0.3 is 6.03 Å². The van der Waals surface area contributed by atoms with E-state index in [4.69, 9.17) is 9.47 Å². The van der Waals surface area contributed by atoms with Crippen molar-refractivity contribution < 1.29 is 27.5 Å². The van der Waals surface area contributed by atoms with Crippen LogP contribution in [-0.2, 0) is 21.1 Å². The first-order chi connectivity index (χ1) is 18.9. The molecule has 0 spiro atoms. The molecule has 2 aliphatic rings. The lowest BCUT2D eigenvalue weighted by atomic mass is 10.1. The number of aliphatic imine (C=N–C) groups is 1. The molecule has 0 fully saturated rings. The molecule has 0 saturated carbocycles. The van der Waals surface area contributed by atoms with Gasteiger partial charge in [-0.05, 0) is 38.1 Å². The van der Waals surface area contributed by atoms with Gasteiger partial charge in [-0.25, -0.2) is 33.2 Å². The zero-order valence-electron chi connectivity index (χ0n) is 22.5. The third-order valence-corrected chi connectivity index (χ3v) is 7.09. The third kappa shape index (κ3) is 5.17. The van der Waals surface area contributed by atoms with E-state index < -0.39 is 21.8 Å². The number of sulfone groups is 1. The first-order valence-corrected chi connectivity index (χ1v) is 14.0. The smallest absolute Gasteiger partial charge is 0.330 e. The summed E-state index contributed by atoms with van der Waals surface area (Å²) in [6, 6.07) is 8.00. The second-order valence-electron chi connectivity index (χ2n) is 10.0. The number of benzene rings is 1. The van der Waals surface area contributed by atoms with Crippen LogP contribution in [0.1, 0.15) is 35.3 Å². The van der Waals surface area contributed by atoms with Crippen LogP contribution in [-0.4, -0.2) is 73.8 Å². The Hall–Kier alpha value is -4.59. The molecule has 2 aromatic heterocycles. The Morgan fingerprint density at radius 2 is 1.95 bits per heavy atom. The fraction of sp³-hybridized carbons (Fsp3) is 0.308. The van der Waals surface area contributed by atoms with E-state index in [0.717, 1.165) is 6.26 Å². The van der Waals surface area contributed by atoms with Gasteiger partial charge in [-0.2, -0.15) is 0 Å². The van der Waals surface area contributed by atoms with Crippen molar-refractivity contribution in [2.45, 2.75) is 31.1 Å². The maximum atomic E-state index is 13.3. The molecule has 14 heteroatoms. The van der Waals surface area contributed by atoms with Crippen molar-refractivity contribution in [3.63, 3.8) is 0 Å². The molecule has 3 amide bonds. The molecule has 1 aromatic carbocycles. The van der Waals surface area contributed by atoms with Crippen LogP contribution in [0.15, 0.2) is 52.9 Å². The molecule has 3 aromatic rings. The molecular weight excluding hydrogens is 538 g/mol. The Labute approximate surface area is 230 Å². The molecule has 1 N–H and O–H groups in total. The number of hydrogen-bond donors (Lipinski definition) is 1. The lowest BCUT2D eigenvalue weighted by Gasteiger charge is -2.34. The number of carbonyl (C=O) groups excluding carboxylic acids is 2. The summed E-state index contributed by atoms with van der Waals surface area (Å²) in [5, 5.41) is 2.44. The van der Waals surface area contributed by atoms with Gasteiger partial charge in [-0.3, -0.25) is 14.6 Å². The molecule has 4 heterocycles. The van der Waals surface area contributed by atoms with Gasteiger partial charge in [-0.1, -0.05) is 6.07 Å². The molecule has 5 rings (SSSR count). The molecule has 0 radical (unpaired) electrons. The monoisotopic (exact) mass is 565 g/mol. The fourth-order valence-electron chi connectivity index (χ4n) is 4.25. The number of aromatic nitrogens is 3. The van der Waals surface area contributed by atoms with Crippen LogP contribution in [0.25, 0.3) is 0 Å². The Morgan fingerprint density at radius 3 is 2.62 bits per heavy atom. The first-order valence-electron chi connectivity index (χ1n) is 12.2. The fourth-order valence-corrected chi connectivity index (χ4v) is 4.75. The third-order valence-electron chi connectivity index (χ3n) is 6.23. The summed E-state index contributed by atoms with van der Waals surface area (Å²) in [6.07, 6.45) is 3.78. The number of rotatable bonds is 6. The number of anilines is 3. The molecule has 0 atom stereocenters. The van der Waals surface area contributed by atoms with Crippen molar-refractivity contribution in [2.24, 2.45) is 4.99 Å². The largest absolute Gasteiger partial charge is 0.480 e. The Kier molecular flexibility index (Phi) is 6.66. The van der Waals surface area contributed by atoms with Gasteiger partial charge in [0.1, 0.15) is 18.1 Å². The average Bonchev–Trinajstić information content (AvgIpc) is 3.29. The minimum atomic E-state index is -3.66. The number of methoxy groups -OCH3 is 1. The van der Waals surface area contributed by atoms with Crippen LogP contribution in [0.4, 0.5) is 22.0 Å². The summed E-state index contributed by atoms with van der Waals surface area (Å²) in [5.41, 5.74) is 1.87. The van der Waals surface area contributed by atoms with E-state index in [-0.39, 0.29) is 28.9 Å². The van der Waals surface area contributed by atoms with Gasteiger partial charge in [0.15, 0.2) is 0 Å². The topological polar surface area (TPSA) is 156 Å². The zero-order chi connectivity index (χ0) is 28.8. The quantitative estimate of drug-likeness (QED) is 0.444. The maximum Gasteiger partial charge on any atom is 0.330 e. The minimum Gasteiger partial charge on any atom is -0.480 e. The van der Waals surface area contributed by atoms with Gasteiger partial charge in [0, 0.05) is 36.2 Å². The Bertz CT molecular complexity index is 1670. The van der Waals surface area contributed by atoms with Gasteiger partial charge in [0.25, 0.3) is 5.91 Å². The number of fused-ring (bicyclic) bond motifs is 1. The Balaban J connectivity index is 1.42. The van der Waals surface area contributed by atoms with Crippen LogP contribution in [0.2, 0.25) is 0 Å². The molecule has 0 saturated heterocycles. The van der Waals surface area contributed by atoms with E-state index >= 15 is 0 Å². The van der Waals surface area contributed by atoms with E-state index in [0.29, 0.717) is 40.6 Å². The molecule has 2 aliphatic heterocycles. The predicted molar refractivity (Wildman–Crippen MR) is 147 cm³/mol. The number of nitrogens with one attached hydrogen (secondary N) is 1. The summed E-state index contributed by atoms with van der Waals surface area (Å²) in [4.78, 5) is 45.9. The van der Waals surface area contributed by atoms with Crippen molar-refractivity contribution in [3.8, 4) is 5.88 Å². The van der Waals surface area contributed by atoms with Gasteiger partial charge < -0.3 is 14.8 Å². The van der Waals surface area contributed by atoms with E-state index in [9.17, 15) is 18.0 Å². The molecule has 208 valence electrons. The lowest BCUT2D eigenvalue weighted by molar-refractivity contribution is 0.102. The second kappa shape index (κ2) is 9.86. The summed E-state index contributed by atoms with van der Waals surface area (Å²) >= 11 is 0. The first kappa shape index (κ1) is 27.0. The van der Waals surface area contributed by atoms with E-state index in [1.165, 1.54) is 36.4 Å². The summed E-state index contributed by atoms with van der Waals surface area (Å²) in [6.45, 7) is 4.42. The molecule has 0 aliphatic carbocycles. The highest BCUT2D eigenvalue weighted by molar-refractivity contribution is 7.90. The average molecular weight is 566 g/mol. The maximum absolute atomic E-state index is 13.3. The second-order valence-corrected chi connectivity index (χ2v) is 11.9. The molecule has 13 nitrogen and oxygen atoms in total. The van der Waals surface area contributed by atoms with Crippen LogP contribution in [0, 0.1) is 0 Å².